The fourth-order valence-electron chi connectivity index (χ4n) is 2.65. The van der Waals surface area contributed by atoms with Crippen molar-refractivity contribution in [1.29, 1.82) is 5.26 Å². The lowest BCUT2D eigenvalue weighted by atomic mass is 10.1. The van der Waals surface area contributed by atoms with E-state index >= 15 is 0 Å². The van der Waals surface area contributed by atoms with E-state index in [1.165, 1.54) is 18.4 Å². The number of hydrogen-bond donors (Lipinski definition) is 1. The van der Waals surface area contributed by atoms with Gasteiger partial charge < -0.3 is 15.0 Å². The van der Waals surface area contributed by atoms with Crippen molar-refractivity contribution in [3.63, 3.8) is 0 Å². The summed E-state index contributed by atoms with van der Waals surface area (Å²) >= 11 is 0. The van der Waals surface area contributed by atoms with Crippen LogP contribution in [0, 0.1) is 17.2 Å². The summed E-state index contributed by atoms with van der Waals surface area (Å²) in [6.45, 7) is 0.677. The van der Waals surface area contributed by atoms with Gasteiger partial charge in [-0.15, -0.1) is 0 Å². The smallest absolute Gasteiger partial charge is 0.123 e. The number of hydrogen-bond acceptors (Lipinski definition) is 3. The molecule has 0 bridgehead atoms. The van der Waals surface area contributed by atoms with Crippen molar-refractivity contribution in [3.05, 3.63) is 53.3 Å². The van der Waals surface area contributed by atoms with Crippen LogP contribution in [0.25, 0.3) is 0 Å². The Balaban J connectivity index is 1.81. The Labute approximate surface area is 124 Å². The highest BCUT2D eigenvalue weighted by molar-refractivity contribution is 5.42. The number of nitrogens with two attached hydrogens (primary N) is 1. The van der Waals surface area contributed by atoms with Crippen LogP contribution >= 0.6 is 0 Å². The van der Waals surface area contributed by atoms with Crippen molar-refractivity contribution in [1.82, 2.24) is 4.57 Å². The Hall–Kier alpha value is -2.25. The van der Waals surface area contributed by atoms with Crippen molar-refractivity contribution >= 4 is 0 Å². The zero-order chi connectivity index (χ0) is 14.8. The lowest BCUT2D eigenvalue weighted by molar-refractivity contribution is 0.408. The second kappa shape index (κ2) is 5.63. The van der Waals surface area contributed by atoms with Crippen molar-refractivity contribution in [3.8, 4) is 11.8 Å². The maximum absolute atomic E-state index is 9.02. The molecule has 4 heteroatoms. The van der Waals surface area contributed by atoms with E-state index in [0.717, 1.165) is 11.3 Å². The molecule has 4 nitrogen and oxygen atoms in total. The number of benzene rings is 1. The molecule has 0 saturated heterocycles. The predicted octanol–water partition coefficient (Wildman–Crippen LogP) is 2.83. The minimum atomic E-state index is 0.151. The highest BCUT2D eigenvalue weighted by atomic mass is 16.5. The summed E-state index contributed by atoms with van der Waals surface area (Å²) in [5.74, 6) is 1.45. The first-order valence-corrected chi connectivity index (χ1v) is 7.19. The fraction of sp³-hybridized carbons (Fsp3) is 0.353. The molecule has 3 rings (SSSR count). The second-order valence-electron chi connectivity index (χ2n) is 5.62. The first-order chi connectivity index (χ1) is 10.2. The topological polar surface area (TPSA) is 64.0 Å². The molecule has 0 radical (unpaired) electrons. The molecule has 1 saturated carbocycles. The highest BCUT2D eigenvalue weighted by Crippen LogP contribution is 2.39. The van der Waals surface area contributed by atoms with Crippen molar-refractivity contribution in [2.45, 2.75) is 25.4 Å². The SMILES string of the molecule is COc1ccc(C#N)cc1Cn1ccc(C(N)C2CC2)c1. The van der Waals surface area contributed by atoms with E-state index in [1.807, 2.05) is 18.3 Å². The van der Waals surface area contributed by atoms with Gasteiger partial charge in [-0.2, -0.15) is 5.26 Å². The van der Waals surface area contributed by atoms with Gasteiger partial charge in [0.1, 0.15) is 5.75 Å². The minimum Gasteiger partial charge on any atom is -0.496 e. The molecule has 1 aliphatic rings. The first kappa shape index (κ1) is 13.7. The number of rotatable bonds is 5. The third-order valence-corrected chi connectivity index (χ3v) is 4.05. The van der Waals surface area contributed by atoms with Crippen LogP contribution in [0.2, 0.25) is 0 Å². The quantitative estimate of drug-likeness (QED) is 0.916. The van der Waals surface area contributed by atoms with Gasteiger partial charge in [0.15, 0.2) is 0 Å². The minimum absolute atomic E-state index is 0.151. The number of nitrogens with zero attached hydrogens (tertiary/aromatic N) is 2. The molecule has 1 aromatic heterocycles. The monoisotopic (exact) mass is 281 g/mol. The van der Waals surface area contributed by atoms with Crippen LogP contribution in [0.5, 0.6) is 5.75 Å². The zero-order valence-electron chi connectivity index (χ0n) is 12.1. The Morgan fingerprint density at radius 2 is 2.24 bits per heavy atom. The Bertz CT molecular complexity index is 680. The Kier molecular flexibility index (Phi) is 3.68. The average Bonchev–Trinajstić information content (AvgIpc) is 3.26. The van der Waals surface area contributed by atoms with Crippen LogP contribution in [-0.4, -0.2) is 11.7 Å². The molecule has 1 heterocycles. The molecule has 1 unspecified atom stereocenters. The Morgan fingerprint density at radius 3 is 2.90 bits per heavy atom. The molecule has 1 fully saturated rings. The van der Waals surface area contributed by atoms with Crippen LogP contribution in [0.3, 0.4) is 0 Å². The third-order valence-electron chi connectivity index (χ3n) is 4.05. The molecule has 1 aliphatic carbocycles. The molecule has 1 aromatic carbocycles. The maximum Gasteiger partial charge on any atom is 0.123 e. The van der Waals surface area contributed by atoms with Gasteiger partial charge >= 0.3 is 0 Å². The van der Waals surface area contributed by atoms with E-state index < -0.39 is 0 Å². The van der Waals surface area contributed by atoms with Crippen LogP contribution in [-0.2, 0) is 6.54 Å². The lowest BCUT2D eigenvalue weighted by Gasteiger charge is -2.10. The van der Waals surface area contributed by atoms with E-state index in [4.69, 9.17) is 15.7 Å². The number of aromatic nitrogens is 1. The third kappa shape index (κ3) is 2.93. The number of methoxy groups -OCH3 is 1. The van der Waals surface area contributed by atoms with Gasteiger partial charge in [-0.1, -0.05) is 0 Å². The molecule has 108 valence electrons. The summed E-state index contributed by atoms with van der Waals surface area (Å²) in [6.07, 6.45) is 6.62. The lowest BCUT2D eigenvalue weighted by Crippen LogP contribution is -2.11. The van der Waals surface area contributed by atoms with Gasteiger partial charge in [-0.05, 0) is 48.6 Å². The zero-order valence-corrected chi connectivity index (χ0v) is 12.1. The molecule has 0 aliphatic heterocycles. The van der Waals surface area contributed by atoms with Crippen molar-refractivity contribution in [2.75, 3.05) is 7.11 Å². The fourth-order valence-corrected chi connectivity index (χ4v) is 2.65. The van der Waals surface area contributed by atoms with Crippen LogP contribution in [0.4, 0.5) is 0 Å². The molecule has 2 N–H and O–H groups in total. The van der Waals surface area contributed by atoms with Gasteiger partial charge in [0.2, 0.25) is 0 Å². The summed E-state index contributed by atoms with van der Waals surface area (Å²) in [5.41, 5.74) is 9.06. The van der Waals surface area contributed by atoms with Gasteiger partial charge in [-0.25, -0.2) is 0 Å². The standard InChI is InChI=1S/C17H19N3O/c1-21-16-5-2-12(9-18)8-15(16)11-20-7-6-14(10-20)17(19)13-3-4-13/h2,5-8,10,13,17H,3-4,11,19H2,1H3. The average molecular weight is 281 g/mol. The van der Waals surface area contributed by atoms with E-state index in [2.05, 4.69) is 22.9 Å². The largest absolute Gasteiger partial charge is 0.496 e. The predicted molar refractivity (Wildman–Crippen MR) is 80.9 cm³/mol. The molecular formula is C17H19N3O. The van der Waals surface area contributed by atoms with E-state index in [1.54, 1.807) is 13.2 Å². The summed E-state index contributed by atoms with van der Waals surface area (Å²) in [5, 5.41) is 9.02. The highest BCUT2D eigenvalue weighted by Gasteiger charge is 2.29. The molecule has 0 amide bonds. The first-order valence-electron chi connectivity index (χ1n) is 7.19. The summed E-state index contributed by atoms with van der Waals surface area (Å²) in [6, 6.07) is 9.89. The summed E-state index contributed by atoms with van der Waals surface area (Å²) in [7, 11) is 1.65. The summed E-state index contributed by atoms with van der Waals surface area (Å²) in [4.78, 5) is 0. The molecule has 1 atom stereocenters. The van der Waals surface area contributed by atoms with Crippen LogP contribution < -0.4 is 10.5 Å². The van der Waals surface area contributed by atoms with E-state index in [-0.39, 0.29) is 6.04 Å². The molecule has 0 spiro atoms. The maximum atomic E-state index is 9.02. The Morgan fingerprint density at radius 1 is 1.43 bits per heavy atom. The second-order valence-corrected chi connectivity index (χ2v) is 5.62. The molecule has 21 heavy (non-hydrogen) atoms. The van der Waals surface area contributed by atoms with Crippen molar-refractivity contribution in [2.24, 2.45) is 11.7 Å². The normalized spacial score (nSPS) is 15.5. The number of ether oxygens (including phenoxy) is 1. The van der Waals surface area contributed by atoms with Gasteiger partial charge in [-0.3, -0.25) is 0 Å². The van der Waals surface area contributed by atoms with E-state index in [9.17, 15) is 0 Å². The molecular weight excluding hydrogens is 262 g/mol. The van der Waals surface area contributed by atoms with Gasteiger partial charge in [0.25, 0.3) is 0 Å². The van der Waals surface area contributed by atoms with E-state index in [0.29, 0.717) is 18.0 Å². The molecule has 2 aromatic rings. The van der Waals surface area contributed by atoms with Gasteiger partial charge in [0, 0.05) is 24.0 Å². The van der Waals surface area contributed by atoms with Gasteiger partial charge in [0.05, 0.1) is 25.3 Å². The summed E-state index contributed by atoms with van der Waals surface area (Å²) < 4.78 is 7.47. The van der Waals surface area contributed by atoms with Crippen LogP contribution in [0.15, 0.2) is 36.7 Å². The van der Waals surface area contributed by atoms with Crippen molar-refractivity contribution < 1.29 is 4.74 Å². The number of nitriles is 1. The van der Waals surface area contributed by atoms with Crippen LogP contribution in [0.1, 0.15) is 35.6 Å².